The Morgan fingerprint density at radius 3 is 2.76 bits per heavy atom. The minimum Gasteiger partial charge on any atom is -0.369 e. The maximum atomic E-state index is 6.48. The summed E-state index contributed by atoms with van der Waals surface area (Å²) in [6, 6.07) is 6.24. The zero-order chi connectivity index (χ0) is 15.0. The van der Waals surface area contributed by atoms with E-state index in [9.17, 15) is 0 Å². The van der Waals surface area contributed by atoms with E-state index >= 15 is 0 Å². The lowest BCUT2D eigenvalue weighted by Crippen LogP contribution is -2.37. The van der Waals surface area contributed by atoms with Gasteiger partial charge >= 0.3 is 0 Å². The lowest BCUT2D eigenvalue weighted by molar-refractivity contribution is 0.0882. The van der Waals surface area contributed by atoms with Crippen LogP contribution in [0.25, 0.3) is 11.0 Å². The first-order valence-corrected chi connectivity index (χ1v) is 8.14. The summed E-state index contributed by atoms with van der Waals surface area (Å²) >= 11 is 6.48. The Morgan fingerprint density at radius 1 is 1.33 bits per heavy atom. The van der Waals surface area contributed by atoms with Crippen LogP contribution in [0.3, 0.4) is 0 Å². The lowest BCUT2D eigenvalue weighted by atomic mass is 9.68. The topological polar surface area (TPSA) is 43.8 Å². The molecule has 2 aliphatic rings. The van der Waals surface area contributed by atoms with Crippen molar-refractivity contribution in [2.24, 2.45) is 16.7 Å². The maximum absolute atomic E-state index is 6.48. The molecule has 21 heavy (non-hydrogen) atoms. The molecule has 0 saturated heterocycles. The highest BCUT2D eigenvalue weighted by molar-refractivity contribution is 6.35. The molecule has 1 heterocycles. The second-order valence-corrected chi connectivity index (χ2v) is 8.17. The molecule has 0 spiro atoms. The molecule has 3 atom stereocenters. The van der Waals surface area contributed by atoms with Crippen LogP contribution in [-0.4, -0.2) is 9.55 Å². The molecular weight excluding hydrogens is 282 g/mol. The summed E-state index contributed by atoms with van der Waals surface area (Å²) in [5.41, 5.74) is 8.75. The van der Waals surface area contributed by atoms with E-state index < -0.39 is 0 Å². The van der Waals surface area contributed by atoms with Crippen molar-refractivity contribution in [3.63, 3.8) is 0 Å². The van der Waals surface area contributed by atoms with Gasteiger partial charge in [-0.05, 0) is 48.1 Å². The van der Waals surface area contributed by atoms with Gasteiger partial charge in [-0.3, -0.25) is 0 Å². The molecule has 1 aromatic carbocycles. The van der Waals surface area contributed by atoms with Crippen molar-refractivity contribution in [3.05, 3.63) is 23.2 Å². The van der Waals surface area contributed by atoms with Crippen molar-refractivity contribution < 1.29 is 0 Å². The molecule has 1 aromatic heterocycles. The monoisotopic (exact) mass is 303 g/mol. The standard InChI is InChI=1S/C17H22ClN3/c1-16(2)10-7-8-17(3,9-10)14(16)21-13-11(18)5-4-6-12(13)20-15(21)19/h4-6,10,14H,7-9H2,1-3H3,(H2,19,20). The fourth-order valence-electron chi connectivity index (χ4n) is 5.31. The van der Waals surface area contributed by atoms with Gasteiger partial charge in [0.05, 0.1) is 16.1 Å². The summed E-state index contributed by atoms with van der Waals surface area (Å²) in [5.74, 6) is 1.37. The molecule has 112 valence electrons. The molecule has 4 heteroatoms. The van der Waals surface area contributed by atoms with Crippen LogP contribution >= 0.6 is 11.6 Å². The highest BCUT2D eigenvalue weighted by atomic mass is 35.5. The zero-order valence-electron chi connectivity index (χ0n) is 12.9. The van der Waals surface area contributed by atoms with Crippen molar-refractivity contribution in [3.8, 4) is 0 Å². The molecule has 2 bridgehead atoms. The summed E-state index contributed by atoms with van der Waals surface area (Å²) in [7, 11) is 0. The van der Waals surface area contributed by atoms with Gasteiger partial charge in [0.25, 0.3) is 0 Å². The van der Waals surface area contributed by atoms with E-state index in [0.717, 1.165) is 22.0 Å². The molecule has 0 aliphatic heterocycles. The Kier molecular flexibility index (Phi) is 2.53. The fourth-order valence-corrected chi connectivity index (χ4v) is 5.57. The van der Waals surface area contributed by atoms with Crippen LogP contribution < -0.4 is 5.73 Å². The van der Waals surface area contributed by atoms with Gasteiger partial charge < -0.3 is 10.3 Å². The minimum atomic E-state index is 0.230. The van der Waals surface area contributed by atoms with Gasteiger partial charge in [-0.2, -0.15) is 0 Å². The zero-order valence-corrected chi connectivity index (χ0v) is 13.6. The van der Waals surface area contributed by atoms with E-state index in [1.807, 2.05) is 18.2 Å². The van der Waals surface area contributed by atoms with Crippen LogP contribution in [0.4, 0.5) is 5.95 Å². The van der Waals surface area contributed by atoms with Gasteiger partial charge in [0.1, 0.15) is 0 Å². The van der Waals surface area contributed by atoms with E-state index in [1.54, 1.807) is 0 Å². The molecule has 2 saturated carbocycles. The summed E-state index contributed by atoms with van der Waals surface area (Å²) < 4.78 is 2.23. The highest BCUT2D eigenvalue weighted by Gasteiger charge is 2.60. The number of hydrogen-bond acceptors (Lipinski definition) is 2. The number of benzene rings is 1. The normalized spacial score (nSPS) is 33.9. The van der Waals surface area contributed by atoms with Crippen LogP contribution in [0.15, 0.2) is 18.2 Å². The first kappa shape index (κ1) is 13.4. The third-order valence-corrected chi connectivity index (χ3v) is 6.45. The van der Waals surface area contributed by atoms with Crippen LogP contribution in [0.2, 0.25) is 5.02 Å². The van der Waals surface area contributed by atoms with Crippen molar-refractivity contribution in [1.29, 1.82) is 0 Å². The third kappa shape index (κ3) is 1.58. The van der Waals surface area contributed by atoms with E-state index in [2.05, 4.69) is 30.3 Å². The second kappa shape index (κ2) is 3.95. The van der Waals surface area contributed by atoms with Gasteiger partial charge in [0.15, 0.2) is 0 Å². The molecule has 2 aromatic rings. The Bertz CT molecular complexity index is 728. The van der Waals surface area contributed by atoms with Crippen molar-refractivity contribution in [2.45, 2.75) is 46.1 Å². The SMILES string of the molecule is CC12CCC(C1)C(C)(C)C2n1c(N)nc2cccc(Cl)c21. The van der Waals surface area contributed by atoms with Crippen LogP contribution in [-0.2, 0) is 0 Å². The van der Waals surface area contributed by atoms with E-state index in [1.165, 1.54) is 19.3 Å². The molecule has 2 aliphatic carbocycles. The third-order valence-electron chi connectivity index (χ3n) is 6.14. The Balaban J connectivity index is 2.01. The van der Waals surface area contributed by atoms with E-state index in [0.29, 0.717) is 17.4 Å². The Morgan fingerprint density at radius 2 is 2.10 bits per heavy atom. The van der Waals surface area contributed by atoms with Crippen LogP contribution in [0, 0.1) is 16.7 Å². The summed E-state index contributed by atoms with van der Waals surface area (Å²) in [6.07, 6.45) is 3.89. The number of nitrogen functional groups attached to an aromatic ring is 1. The van der Waals surface area contributed by atoms with Gasteiger partial charge in [-0.1, -0.05) is 38.4 Å². The summed E-state index contributed by atoms with van der Waals surface area (Å²) in [4.78, 5) is 4.56. The average Bonchev–Trinajstić information content (AvgIpc) is 2.98. The number of hydrogen-bond donors (Lipinski definition) is 1. The largest absolute Gasteiger partial charge is 0.369 e. The molecule has 2 N–H and O–H groups in total. The first-order chi connectivity index (χ1) is 9.84. The average molecular weight is 304 g/mol. The smallest absolute Gasteiger partial charge is 0.201 e. The number of fused-ring (bicyclic) bond motifs is 3. The van der Waals surface area contributed by atoms with Gasteiger partial charge in [-0.15, -0.1) is 0 Å². The summed E-state index contributed by atoms with van der Waals surface area (Å²) in [6.45, 7) is 7.18. The van der Waals surface area contributed by atoms with Gasteiger partial charge in [0.2, 0.25) is 5.95 Å². The second-order valence-electron chi connectivity index (χ2n) is 7.77. The van der Waals surface area contributed by atoms with Crippen molar-refractivity contribution in [1.82, 2.24) is 9.55 Å². The molecule has 0 amide bonds. The predicted octanol–water partition coefficient (Wildman–Crippen LogP) is 4.66. The Labute approximate surface area is 130 Å². The number of halogens is 1. The number of anilines is 1. The molecule has 3 nitrogen and oxygen atoms in total. The molecular formula is C17H22ClN3. The molecule has 3 unspecified atom stereocenters. The van der Waals surface area contributed by atoms with Crippen LogP contribution in [0.5, 0.6) is 0 Å². The molecule has 4 rings (SSSR count). The maximum Gasteiger partial charge on any atom is 0.201 e. The number of nitrogens with zero attached hydrogens (tertiary/aromatic N) is 2. The lowest BCUT2D eigenvalue weighted by Gasteiger charge is -2.44. The predicted molar refractivity (Wildman–Crippen MR) is 87.4 cm³/mol. The molecule has 2 fully saturated rings. The first-order valence-electron chi connectivity index (χ1n) is 7.76. The number of imidazole rings is 1. The number of para-hydroxylation sites is 1. The number of rotatable bonds is 1. The highest BCUT2D eigenvalue weighted by Crippen LogP contribution is 2.68. The summed E-state index contributed by atoms with van der Waals surface area (Å²) in [5, 5.41) is 0.749. The minimum absolute atomic E-state index is 0.230. The quantitative estimate of drug-likeness (QED) is 0.832. The number of aromatic nitrogens is 2. The Hall–Kier alpha value is -1.22. The van der Waals surface area contributed by atoms with Gasteiger partial charge in [-0.25, -0.2) is 4.98 Å². The van der Waals surface area contributed by atoms with Gasteiger partial charge in [0, 0.05) is 6.04 Å². The van der Waals surface area contributed by atoms with E-state index in [-0.39, 0.29) is 5.41 Å². The van der Waals surface area contributed by atoms with E-state index in [4.69, 9.17) is 17.3 Å². The number of nitrogens with two attached hydrogens (primary N) is 1. The fraction of sp³-hybridized carbons (Fsp3) is 0.588. The van der Waals surface area contributed by atoms with Crippen molar-refractivity contribution >= 4 is 28.6 Å². The van der Waals surface area contributed by atoms with Crippen LogP contribution in [0.1, 0.15) is 46.1 Å². The molecule has 0 radical (unpaired) electrons. The van der Waals surface area contributed by atoms with Crippen molar-refractivity contribution in [2.75, 3.05) is 5.73 Å².